The van der Waals surface area contributed by atoms with Crippen LogP contribution in [0, 0.1) is 0 Å². The smallest absolute Gasteiger partial charge is 0.233 e. The van der Waals surface area contributed by atoms with Crippen LogP contribution in [0.15, 0.2) is 0 Å². The summed E-state index contributed by atoms with van der Waals surface area (Å²) in [6.45, 7) is 12.0. The van der Waals surface area contributed by atoms with Crippen LogP contribution in [0.2, 0.25) is 0 Å². The minimum Gasteiger partial charge on any atom is -0.379 e. The largest absolute Gasteiger partial charge is 0.379 e. The van der Waals surface area contributed by atoms with Crippen LogP contribution >= 0.6 is 0 Å². The highest BCUT2D eigenvalue weighted by Crippen LogP contribution is 1.87. The van der Waals surface area contributed by atoms with Gasteiger partial charge in [0.05, 0.1) is 165 Å². The molecule has 268 valence electrons. The van der Waals surface area contributed by atoms with Crippen molar-refractivity contribution < 1.29 is 66.4 Å². The number of carbonyl (C=O) groups is 2. The molecule has 1 amide bonds. The van der Waals surface area contributed by atoms with Crippen molar-refractivity contribution in [2.75, 3.05) is 172 Å². The van der Waals surface area contributed by atoms with Gasteiger partial charge in [0.2, 0.25) is 5.91 Å². The van der Waals surface area contributed by atoms with E-state index < -0.39 is 0 Å². The fraction of sp³-hybridized carbons (Fsp3) is 0.931. The predicted octanol–water partition coefficient (Wildman–Crippen LogP) is -1.15. The van der Waals surface area contributed by atoms with Gasteiger partial charge in [0.15, 0.2) is 0 Å². The van der Waals surface area contributed by atoms with Gasteiger partial charge < -0.3 is 72.7 Å². The number of aldehydes is 1. The Bertz CT molecular complexity index is 595. The van der Waals surface area contributed by atoms with Crippen molar-refractivity contribution in [1.82, 2.24) is 5.32 Å². The number of amides is 1. The van der Waals surface area contributed by atoms with E-state index >= 15 is 0 Å². The maximum Gasteiger partial charge on any atom is 0.233 e. The third kappa shape index (κ3) is 40.6. The average molecular weight is 659 g/mol. The third-order valence-electron chi connectivity index (χ3n) is 5.23. The van der Waals surface area contributed by atoms with E-state index in [1.54, 1.807) is 0 Å². The number of hydrogen-bond acceptors (Lipinski definition) is 15. The van der Waals surface area contributed by atoms with E-state index in [1.165, 1.54) is 0 Å². The van der Waals surface area contributed by atoms with Crippen molar-refractivity contribution in [2.45, 2.75) is 6.42 Å². The molecule has 0 aromatic rings. The lowest BCUT2D eigenvalue weighted by Crippen LogP contribution is -2.32. The van der Waals surface area contributed by atoms with Crippen LogP contribution in [-0.2, 0) is 66.4 Å². The van der Waals surface area contributed by atoms with Crippen LogP contribution in [0.3, 0.4) is 0 Å². The topological polar surface area (TPSA) is 183 Å². The second kappa shape index (κ2) is 40.6. The summed E-state index contributed by atoms with van der Waals surface area (Å²) in [5, 5.41) is 2.62. The maximum absolute atomic E-state index is 10.9. The lowest BCUT2D eigenvalue weighted by Gasteiger charge is -2.09. The van der Waals surface area contributed by atoms with Crippen molar-refractivity contribution in [3.8, 4) is 0 Å². The minimum atomic E-state index is -0.198. The molecule has 0 aliphatic rings. The molecule has 0 rings (SSSR count). The van der Waals surface area contributed by atoms with E-state index in [-0.39, 0.29) is 12.5 Å². The third-order valence-corrected chi connectivity index (χ3v) is 5.23. The van der Waals surface area contributed by atoms with Crippen LogP contribution in [0.25, 0.3) is 0 Å². The Kier molecular flexibility index (Phi) is 39.4. The monoisotopic (exact) mass is 658 g/mol. The van der Waals surface area contributed by atoms with Gasteiger partial charge in [-0.3, -0.25) is 4.79 Å². The number of nitrogens with one attached hydrogen (secondary N) is 1. The number of ether oxygens (including phenoxy) is 12. The van der Waals surface area contributed by atoms with E-state index in [1.807, 2.05) is 0 Å². The van der Waals surface area contributed by atoms with Crippen LogP contribution in [0.5, 0.6) is 0 Å². The van der Waals surface area contributed by atoms with Gasteiger partial charge in [-0.2, -0.15) is 0 Å². The molecular weight excluding hydrogens is 600 g/mol. The molecule has 0 aliphatic carbocycles. The van der Waals surface area contributed by atoms with Gasteiger partial charge in [-0.15, -0.1) is 0 Å². The van der Waals surface area contributed by atoms with Gasteiger partial charge in [-0.25, -0.2) is 0 Å². The Labute approximate surface area is 268 Å². The van der Waals surface area contributed by atoms with Gasteiger partial charge in [-0.05, 0) is 0 Å². The number of carbonyl (C=O) groups excluding carboxylic acids is 2. The molecule has 0 spiro atoms. The zero-order chi connectivity index (χ0) is 32.6. The van der Waals surface area contributed by atoms with Crippen molar-refractivity contribution in [2.24, 2.45) is 5.73 Å². The molecule has 0 atom stereocenters. The summed E-state index contributed by atoms with van der Waals surface area (Å²) in [4.78, 5) is 21.1. The summed E-state index contributed by atoms with van der Waals surface area (Å²) < 4.78 is 64.8. The zero-order valence-corrected chi connectivity index (χ0v) is 27.0. The summed E-state index contributed by atoms with van der Waals surface area (Å²) in [6, 6.07) is 0. The first-order chi connectivity index (χ1) is 22.3. The van der Waals surface area contributed by atoms with Crippen LogP contribution < -0.4 is 11.1 Å². The first kappa shape index (κ1) is 43.6. The predicted molar refractivity (Wildman–Crippen MR) is 163 cm³/mol. The van der Waals surface area contributed by atoms with E-state index in [4.69, 9.17) is 62.6 Å². The molecule has 0 heterocycles. The Hall–Kier alpha value is -1.38. The van der Waals surface area contributed by atoms with Crippen molar-refractivity contribution in [3.63, 3.8) is 0 Å². The zero-order valence-electron chi connectivity index (χ0n) is 27.0. The van der Waals surface area contributed by atoms with Crippen LogP contribution in [0.1, 0.15) is 6.42 Å². The van der Waals surface area contributed by atoms with E-state index in [0.29, 0.717) is 172 Å². The highest BCUT2D eigenvalue weighted by molar-refractivity contribution is 5.77. The van der Waals surface area contributed by atoms with E-state index in [9.17, 15) is 9.59 Å². The first-order valence-electron chi connectivity index (χ1n) is 15.6. The highest BCUT2D eigenvalue weighted by Gasteiger charge is 1.98. The molecule has 3 N–H and O–H groups in total. The Morgan fingerprint density at radius 3 is 0.844 bits per heavy atom. The molecule has 0 aliphatic heterocycles. The number of rotatable bonds is 40. The minimum absolute atomic E-state index is 0.0190. The lowest BCUT2D eigenvalue weighted by molar-refractivity contribution is -0.120. The van der Waals surface area contributed by atoms with Crippen molar-refractivity contribution in [3.05, 3.63) is 0 Å². The van der Waals surface area contributed by atoms with Gasteiger partial charge in [-0.1, -0.05) is 0 Å². The first-order valence-corrected chi connectivity index (χ1v) is 15.6. The fourth-order valence-electron chi connectivity index (χ4n) is 2.99. The SMILES string of the molecule is NCC(=O)NCCOCCOCCOCCOCCOCCOCCOCCOCCOCCOCCOCCOCCC=O. The molecule has 0 saturated carbocycles. The average Bonchev–Trinajstić information content (AvgIpc) is 3.05. The molecule has 0 radical (unpaired) electrons. The molecular formula is C29H58N2O14. The summed E-state index contributed by atoms with van der Waals surface area (Å²) in [5.74, 6) is -0.198. The van der Waals surface area contributed by atoms with Gasteiger partial charge >= 0.3 is 0 Å². The summed E-state index contributed by atoms with van der Waals surface area (Å²) in [7, 11) is 0. The quantitative estimate of drug-likeness (QED) is 0.0594. The van der Waals surface area contributed by atoms with Gasteiger partial charge in [0, 0.05) is 13.0 Å². The molecule has 0 aromatic heterocycles. The molecule has 0 unspecified atom stereocenters. The maximum atomic E-state index is 10.9. The Balaban J connectivity index is 3.05. The normalized spacial score (nSPS) is 11.3. The fourth-order valence-corrected chi connectivity index (χ4v) is 2.99. The lowest BCUT2D eigenvalue weighted by atomic mass is 10.5. The summed E-state index contributed by atoms with van der Waals surface area (Å²) in [5.41, 5.74) is 5.18. The summed E-state index contributed by atoms with van der Waals surface area (Å²) in [6.07, 6.45) is 1.24. The molecule has 16 heteroatoms. The highest BCUT2D eigenvalue weighted by atomic mass is 16.6. The van der Waals surface area contributed by atoms with Crippen LogP contribution in [0.4, 0.5) is 0 Å². The van der Waals surface area contributed by atoms with Gasteiger partial charge in [0.1, 0.15) is 6.29 Å². The van der Waals surface area contributed by atoms with Gasteiger partial charge in [0.25, 0.3) is 0 Å². The van der Waals surface area contributed by atoms with E-state index in [2.05, 4.69) is 5.32 Å². The van der Waals surface area contributed by atoms with Crippen molar-refractivity contribution >= 4 is 12.2 Å². The molecule has 0 fully saturated rings. The molecule has 0 aromatic carbocycles. The molecule has 0 bridgehead atoms. The molecule has 0 saturated heterocycles. The van der Waals surface area contributed by atoms with Crippen LogP contribution in [-0.4, -0.2) is 184 Å². The van der Waals surface area contributed by atoms with E-state index in [0.717, 1.165) is 6.29 Å². The Morgan fingerprint density at radius 1 is 0.400 bits per heavy atom. The molecule has 16 nitrogen and oxygen atoms in total. The number of nitrogens with two attached hydrogens (primary N) is 1. The van der Waals surface area contributed by atoms with Crippen molar-refractivity contribution in [1.29, 1.82) is 0 Å². The second-order valence-corrected chi connectivity index (χ2v) is 8.86. The molecule has 45 heavy (non-hydrogen) atoms. The summed E-state index contributed by atoms with van der Waals surface area (Å²) >= 11 is 0. The standard InChI is InChI=1S/C29H58N2O14/c30-28-29(33)31-2-5-35-7-9-37-11-13-39-15-17-41-19-21-43-23-25-45-27-26-44-24-22-42-20-18-40-16-14-38-12-10-36-8-6-34-4-1-3-32/h3H,1-2,4-28,30H2,(H,31,33). The number of hydrogen-bond donors (Lipinski definition) is 2. The second-order valence-electron chi connectivity index (χ2n) is 8.86. The Morgan fingerprint density at radius 2 is 0.622 bits per heavy atom.